The number of rotatable bonds is 4. The van der Waals surface area contributed by atoms with Crippen LogP contribution in [0.15, 0.2) is 85.1 Å². The second-order valence-electron chi connectivity index (χ2n) is 8.16. The lowest BCUT2D eigenvalue weighted by atomic mass is 9.99. The van der Waals surface area contributed by atoms with Crippen LogP contribution in [-0.2, 0) is 12.4 Å². The summed E-state index contributed by atoms with van der Waals surface area (Å²) >= 11 is 0. The minimum absolute atomic E-state index is 0.0900. The number of pyridine rings is 1. The standard InChI is InChI=1S/C27H20F6N2/c1-17-3-8-20(9-4-17)35(21-10-5-18(2)6-11-21)22-13-14-34-25(16-22)23-12-7-19(26(28,29)30)15-24(23)27(31,32)33/h3-16H,1-2H3. The van der Waals surface area contributed by atoms with Crippen LogP contribution in [0.4, 0.5) is 43.4 Å². The molecule has 0 bridgehead atoms. The molecule has 0 aliphatic heterocycles. The van der Waals surface area contributed by atoms with Gasteiger partial charge in [-0.25, -0.2) is 0 Å². The third kappa shape index (κ3) is 5.31. The molecule has 1 heterocycles. The number of aromatic nitrogens is 1. The third-order valence-electron chi connectivity index (χ3n) is 5.51. The SMILES string of the molecule is Cc1ccc(N(c2ccc(C)cc2)c2ccnc(-c3ccc(C(F)(F)F)cc3C(F)(F)F)c2)cc1. The van der Waals surface area contributed by atoms with Crippen LogP contribution >= 0.6 is 0 Å². The van der Waals surface area contributed by atoms with Crippen LogP contribution in [-0.4, -0.2) is 4.98 Å². The molecule has 1 aromatic heterocycles. The van der Waals surface area contributed by atoms with Gasteiger partial charge in [-0.05, 0) is 62.4 Å². The van der Waals surface area contributed by atoms with E-state index in [-0.39, 0.29) is 11.8 Å². The molecule has 2 nitrogen and oxygen atoms in total. The van der Waals surface area contributed by atoms with Crippen molar-refractivity contribution < 1.29 is 26.3 Å². The van der Waals surface area contributed by atoms with Gasteiger partial charge >= 0.3 is 12.4 Å². The van der Waals surface area contributed by atoms with E-state index in [1.165, 1.54) is 12.3 Å². The molecule has 8 heteroatoms. The van der Waals surface area contributed by atoms with Crippen LogP contribution < -0.4 is 4.90 Å². The van der Waals surface area contributed by atoms with Crippen molar-refractivity contribution in [3.63, 3.8) is 0 Å². The Bertz CT molecular complexity index is 1280. The Labute approximate surface area is 198 Å². The van der Waals surface area contributed by atoms with Gasteiger partial charge in [-0.1, -0.05) is 41.5 Å². The van der Waals surface area contributed by atoms with Crippen molar-refractivity contribution in [1.29, 1.82) is 0 Å². The smallest absolute Gasteiger partial charge is 0.310 e. The fraction of sp³-hybridized carbons (Fsp3) is 0.148. The molecule has 0 radical (unpaired) electrons. The lowest BCUT2D eigenvalue weighted by molar-refractivity contribution is -0.142. The van der Waals surface area contributed by atoms with Gasteiger partial charge in [-0.2, -0.15) is 26.3 Å². The number of aryl methyl sites for hydroxylation is 2. The van der Waals surface area contributed by atoms with Gasteiger partial charge in [0.15, 0.2) is 0 Å². The molecular formula is C27H20F6N2. The number of hydrogen-bond donors (Lipinski definition) is 0. The van der Waals surface area contributed by atoms with Gasteiger partial charge in [0.25, 0.3) is 0 Å². The van der Waals surface area contributed by atoms with Crippen molar-refractivity contribution >= 4 is 17.1 Å². The fourth-order valence-electron chi connectivity index (χ4n) is 3.72. The number of alkyl halides is 6. The number of nitrogens with zero attached hydrogens (tertiary/aromatic N) is 2. The first-order chi connectivity index (χ1) is 16.4. The highest BCUT2D eigenvalue weighted by molar-refractivity contribution is 5.79. The highest BCUT2D eigenvalue weighted by Crippen LogP contribution is 2.42. The van der Waals surface area contributed by atoms with Crippen LogP contribution in [0.2, 0.25) is 0 Å². The minimum atomic E-state index is -5.00. The molecule has 0 spiro atoms. The molecule has 0 saturated carbocycles. The van der Waals surface area contributed by atoms with Crippen molar-refractivity contribution in [3.8, 4) is 11.3 Å². The van der Waals surface area contributed by atoms with Crippen molar-refractivity contribution in [3.05, 3.63) is 107 Å². The van der Waals surface area contributed by atoms with Crippen LogP contribution in [0, 0.1) is 13.8 Å². The Kier molecular flexibility index (Phi) is 6.32. The monoisotopic (exact) mass is 486 g/mol. The first-order valence-electron chi connectivity index (χ1n) is 10.6. The Morgan fingerprint density at radius 1 is 0.600 bits per heavy atom. The molecule has 0 unspecified atom stereocenters. The molecule has 4 rings (SSSR count). The van der Waals surface area contributed by atoms with Gasteiger partial charge in [0.05, 0.1) is 16.8 Å². The van der Waals surface area contributed by atoms with Crippen molar-refractivity contribution in [2.45, 2.75) is 26.2 Å². The zero-order chi connectivity index (χ0) is 25.4. The highest BCUT2D eigenvalue weighted by atomic mass is 19.4. The van der Waals surface area contributed by atoms with E-state index >= 15 is 0 Å². The summed E-state index contributed by atoms with van der Waals surface area (Å²) in [6, 6.07) is 19.8. The second kappa shape index (κ2) is 9.09. The molecule has 0 saturated heterocycles. The van der Waals surface area contributed by atoms with E-state index in [4.69, 9.17) is 0 Å². The summed E-state index contributed by atoms with van der Waals surface area (Å²) in [5.74, 6) is 0. The summed E-state index contributed by atoms with van der Waals surface area (Å²) in [6.07, 6.45) is -8.55. The van der Waals surface area contributed by atoms with Crippen LogP contribution in [0.5, 0.6) is 0 Å². The van der Waals surface area contributed by atoms with E-state index in [9.17, 15) is 26.3 Å². The fourth-order valence-corrected chi connectivity index (χ4v) is 3.72. The van der Waals surface area contributed by atoms with Gasteiger partial charge in [0.2, 0.25) is 0 Å². The average Bonchev–Trinajstić information content (AvgIpc) is 2.80. The van der Waals surface area contributed by atoms with Gasteiger partial charge in [0.1, 0.15) is 0 Å². The van der Waals surface area contributed by atoms with E-state index in [1.807, 2.05) is 67.3 Å². The molecule has 0 atom stereocenters. The van der Waals surface area contributed by atoms with Gasteiger partial charge < -0.3 is 4.90 Å². The molecule has 0 fully saturated rings. The molecular weight excluding hydrogens is 466 g/mol. The topological polar surface area (TPSA) is 16.1 Å². The maximum Gasteiger partial charge on any atom is 0.417 e. The van der Waals surface area contributed by atoms with E-state index in [0.717, 1.165) is 28.6 Å². The maximum atomic E-state index is 13.8. The van der Waals surface area contributed by atoms with Crippen LogP contribution in [0.25, 0.3) is 11.3 Å². The number of anilines is 3. The minimum Gasteiger partial charge on any atom is -0.310 e. The average molecular weight is 486 g/mol. The predicted octanol–water partition coefficient (Wildman–Crippen LogP) is 8.87. The first kappa shape index (κ1) is 24.3. The molecule has 3 aromatic carbocycles. The first-order valence-corrected chi connectivity index (χ1v) is 10.6. The van der Waals surface area contributed by atoms with E-state index < -0.39 is 29.0 Å². The zero-order valence-corrected chi connectivity index (χ0v) is 18.7. The van der Waals surface area contributed by atoms with Gasteiger partial charge in [0, 0.05) is 28.8 Å². The van der Waals surface area contributed by atoms with Gasteiger partial charge in [-0.3, -0.25) is 4.98 Å². The summed E-state index contributed by atoms with van der Waals surface area (Å²) in [4.78, 5) is 5.91. The Balaban J connectivity index is 1.88. The van der Waals surface area contributed by atoms with E-state index in [0.29, 0.717) is 11.8 Å². The Hall–Kier alpha value is -3.81. The third-order valence-corrected chi connectivity index (χ3v) is 5.51. The number of hydrogen-bond acceptors (Lipinski definition) is 2. The van der Waals surface area contributed by atoms with Crippen LogP contribution in [0.1, 0.15) is 22.3 Å². The van der Waals surface area contributed by atoms with Crippen molar-refractivity contribution in [2.24, 2.45) is 0 Å². The van der Waals surface area contributed by atoms with Crippen molar-refractivity contribution in [1.82, 2.24) is 4.98 Å². The molecule has 180 valence electrons. The lowest BCUT2D eigenvalue weighted by Gasteiger charge is -2.26. The lowest BCUT2D eigenvalue weighted by Crippen LogP contribution is -2.13. The maximum absolute atomic E-state index is 13.8. The predicted molar refractivity (Wildman–Crippen MR) is 124 cm³/mol. The molecule has 35 heavy (non-hydrogen) atoms. The normalized spacial score (nSPS) is 12.0. The molecule has 0 N–H and O–H groups in total. The largest absolute Gasteiger partial charge is 0.417 e. The molecule has 0 amide bonds. The summed E-state index contributed by atoms with van der Waals surface area (Å²) in [7, 11) is 0. The summed E-state index contributed by atoms with van der Waals surface area (Å²) in [6.45, 7) is 3.88. The number of benzene rings is 3. The van der Waals surface area contributed by atoms with Gasteiger partial charge in [-0.15, -0.1) is 0 Å². The molecule has 0 aliphatic rings. The Morgan fingerprint density at radius 3 is 1.63 bits per heavy atom. The van der Waals surface area contributed by atoms with Crippen LogP contribution in [0.3, 0.4) is 0 Å². The number of halogens is 6. The highest BCUT2D eigenvalue weighted by Gasteiger charge is 2.38. The van der Waals surface area contributed by atoms with E-state index in [2.05, 4.69) is 4.98 Å². The molecule has 0 aliphatic carbocycles. The zero-order valence-electron chi connectivity index (χ0n) is 18.7. The second-order valence-corrected chi connectivity index (χ2v) is 8.16. The van der Waals surface area contributed by atoms with Crippen molar-refractivity contribution in [2.75, 3.05) is 4.90 Å². The van der Waals surface area contributed by atoms with E-state index in [1.54, 1.807) is 6.07 Å². The molecule has 4 aromatic rings. The summed E-state index contributed by atoms with van der Waals surface area (Å²) in [5, 5.41) is 0. The quantitative estimate of drug-likeness (QED) is 0.268. The Morgan fingerprint density at radius 2 is 1.14 bits per heavy atom. The summed E-state index contributed by atoms with van der Waals surface area (Å²) < 4.78 is 80.6. The summed E-state index contributed by atoms with van der Waals surface area (Å²) in [5.41, 5.74) is 0.823.